The minimum Gasteiger partial charge on any atom is -0.457 e. The maximum Gasteiger partial charge on any atom is 0.134 e. The second kappa shape index (κ2) is 13.6. The largest absolute Gasteiger partial charge is 0.457 e. The van der Waals surface area contributed by atoms with Gasteiger partial charge in [0.2, 0.25) is 0 Å². The lowest BCUT2D eigenvalue weighted by atomic mass is 9.66. The molecule has 0 fully saturated rings. The molecule has 0 amide bonds. The Morgan fingerprint density at radius 2 is 0.692 bits per heavy atom. The molecule has 0 atom stereocenters. The van der Waals surface area contributed by atoms with Gasteiger partial charge in [0.05, 0.1) is 16.5 Å². The highest BCUT2D eigenvalue weighted by Crippen LogP contribution is 2.65. The third kappa shape index (κ3) is 4.79. The van der Waals surface area contributed by atoms with E-state index in [1.807, 2.05) is 0 Å². The normalized spacial score (nSPS) is 14.3. The molecule has 304 valence electrons. The van der Waals surface area contributed by atoms with E-state index in [-0.39, 0.29) is 0 Å². The van der Waals surface area contributed by atoms with Crippen LogP contribution in [0, 0.1) is 0 Å². The van der Waals surface area contributed by atoms with Gasteiger partial charge in [-0.15, -0.1) is 0 Å². The van der Waals surface area contributed by atoms with Crippen LogP contribution in [-0.4, -0.2) is 0 Å². The van der Waals surface area contributed by atoms with E-state index in [0.29, 0.717) is 0 Å². The predicted molar refractivity (Wildman–Crippen MR) is 261 cm³/mol. The molecule has 2 spiro atoms. The topological polar surface area (TPSA) is 21.7 Å². The number of fused-ring (bicyclic) bond motifs is 18. The molecule has 0 radical (unpaired) electrons. The first kappa shape index (κ1) is 36.1. The molecule has 0 saturated carbocycles. The Morgan fingerprint density at radius 1 is 0.277 bits per heavy atom. The van der Waals surface area contributed by atoms with Gasteiger partial charge in [-0.3, -0.25) is 0 Å². The minimum absolute atomic E-state index is 0.554. The highest BCUT2D eigenvalue weighted by molar-refractivity contribution is 5.99. The molecule has 0 bridgehead atoms. The molecule has 0 N–H and O–H groups in total. The summed E-state index contributed by atoms with van der Waals surface area (Å²) in [5.41, 5.74) is 18.9. The molecule has 10 aromatic carbocycles. The van der Waals surface area contributed by atoms with Crippen LogP contribution in [0.5, 0.6) is 23.0 Å². The predicted octanol–water partition coefficient (Wildman–Crippen LogP) is 15.8. The SMILES string of the molecule is c1ccc(-c2ccc(N(c3ccc4c(c3)Oc3ccccc3C43c4ccccc4-c4ccccc43)c3cccc4c3-c3ccccc3C43c4ccccc4Oc4ccccc43)cc2)cc1. The zero-order valence-electron chi connectivity index (χ0n) is 35.3. The fraction of sp³-hybridized carbons (Fsp3) is 0.0323. The van der Waals surface area contributed by atoms with Crippen molar-refractivity contribution < 1.29 is 9.47 Å². The average Bonchev–Trinajstić information content (AvgIpc) is 3.83. The van der Waals surface area contributed by atoms with Gasteiger partial charge >= 0.3 is 0 Å². The van der Waals surface area contributed by atoms with Crippen molar-refractivity contribution >= 4 is 17.1 Å². The first-order valence-corrected chi connectivity index (χ1v) is 22.4. The molecule has 2 aliphatic carbocycles. The zero-order chi connectivity index (χ0) is 42.7. The lowest BCUT2D eigenvalue weighted by Gasteiger charge is -2.40. The van der Waals surface area contributed by atoms with Crippen molar-refractivity contribution in [2.45, 2.75) is 10.8 Å². The van der Waals surface area contributed by atoms with Crippen molar-refractivity contribution in [1.82, 2.24) is 0 Å². The van der Waals surface area contributed by atoms with Crippen LogP contribution in [0.15, 0.2) is 237 Å². The standard InChI is InChI=1S/C62H39NO2/c1-2-17-40(18-3-1)41-33-35-42(36-34-41)63(43-37-38-53-59(39-43)65-58-32-15-10-25-50(58)61(53)47-22-7-4-19-44(47)45-20-5-8-23-48(45)61)55-29-16-28-54-60(55)46-21-6-9-24-49(46)62(54)51-26-11-13-30-56(51)64-57-31-14-12-27-52(57)62/h1-39H. The quantitative estimate of drug-likeness (QED) is 0.176. The lowest BCUT2D eigenvalue weighted by molar-refractivity contribution is 0.436. The van der Waals surface area contributed by atoms with Gasteiger partial charge in [-0.05, 0) is 92.5 Å². The van der Waals surface area contributed by atoms with Crippen LogP contribution in [-0.2, 0) is 10.8 Å². The highest BCUT2D eigenvalue weighted by atomic mass is 16.5. The van der Waals surface area contributed by atoms with E-state index >= 15 is 0 Å². The Morgan fingerprint density at radius 3 is 1.29 bits per heavy atom. The molecule has 3 heteroatoms. The van der Waals surface area contributed by atoms with Crippen LogP contribution in [0.25, 0.3) is 33.4 Å². The molecule has 0 saturated heterocycles. The summed E-state index contributed by atoms with van der Waals surface area (Å²) >= 11 is 0. The number of ether oxygens (including phenoxy) is 2. The van der Waals surface area contributed by atoms with Crippen LogP contribution in [0.3, 0.4) is 0 Å². The Balaban J connectivity index is 1.04. The summed E-state index contributed by atoms with van der Waals surface area (Å²) < 4.78 is 13.8. The number of rotatable bonds is 4. The van der Waals surface area contributed by atoms with Crippen molar-refractivity contribution in [2.75, 3.05) is 4.90 Å². The van der Waals surface area contributed by atoms with Crippen LogP contribution < -0.4 is 14.4 Å². The number of para-hydroxylation sites is 3. The van der Waals surface area contributed by atoms with Crippen LogP contribution in [0.4, 0.5) is 17.1 Å². The summed E-state index contributed by atoms with van der Waals surface area (Å²) in [6, 6.07) is 85.9. The van der Waals surface area contributed by atoms with Gasteiger partial charge in [-0.2, -0.15) is 0 Å². The molecule has 65 heavy (non-hydrogen) atoms. The van der Waals surface area contributed by atoms with E-state index < -0.39 is 10.8 Å². The smallest absolute Gasteiger partial charge is 0.134 e. The summed E-state index contributed by atoms with van der Waals surface area (Å²) in [6.07, 6.45) is 0. The number of anilines is 3. The van der Waals surface area contributed by atoms with Gasteiger partial charge in [0.25, 0.3) is 0 Å². The molecule has 0 unspecified atom stereocenters. The van der Waals surface area contributed by atoms with Crippen molar-refractivity contribution in [3.63, 3.8) is 0 Å². The highest BCUT2D eigenvalue weighted by Gasteiger charge is 2.53. The first-order valence-electron chi connectivity index (χ1n) is 22.4. The zero-order valence-corrected chi connectivity index (χ0v) is 35.3. The summed E-state index contributed by atoms with van der Waals surface area (Å²) in [7, 11) is 0. The molecule has 2 heterocycles. The van der Waals surface area contributed by atoms with Crippen LogP contribution in [0.1, 0.15) is 44.5 Å². The third-order valence-corrected chi connectivity index (χ3v) is 14.4. The van der Waals surface area contributed by atoms with Crippen LogP contribution >= 0.6 is 0 Å². The molecule has 4 aliphatic rings. The number of nitrogens with zero attached hydrogens (tertiary/aromatic N) is 1. The van der Waals surface area contributed by atoms with Crippen molar-refractivity contribution in [3.05, 3.63) is 281 Å². The van der Waals surface area contributed by atoms with Gasteiger partial charge in [0.15, 0.2) is 0 Å². The van der Waals surface area contributed by atoms with Gasteiger partial charge in [0.1, 0.15) is 23.0 Å². The van der Waals surface area contributed by atoms with E-state index in [4.69, 9.17) is 9.47 Å². The van der Waals surface area contributed by atoms with E-state index in [0.717, 1.165) is 67.9 Å². The fourth-order valence-corrected chi connectivity index (χ4v) is 11.9. The van der Waals surface area contributed by atoms with Gasteiger partial charge in [0, 0.05) is 45.3 Å². The molecule has 10 aromatic rings. The van der Waals surface area contributed by atoms with Gasteiger partial charge in [-0.1, -0.05) is 188 Å². The average molecular weight is 830 g/mol. The Bertz CT molecular complexity index is 3480. The minimum atomic E-state index is -0.603. The van der Waals surface area contributed by atoms with E-state index in [9.17, 15) is 0 Å². The molecule has 0 aromatic heterocycles. The first-order chi connectivity index (χ1) is 32.2. The maximum atomic E-state index is 7.11. The molecule has 14 rings (SSSR count). The third-order valence-electron chi connectivity index (χ3n) is 14.4. The number of hydrogen-bond donors (Lipinski definition) is 0. The maximum absolute atomic E-state index is 7.11. The molecular weight excluding hydrogens is 791 g/mol. The van der Waals surface area contributed by atoms with Gasteiger partial charge < -0.3 is 14.4 Å². The Labute approximate surface area is 378 Å². The van der Waals surface area contributed by atoms with Crippen molar-refractivity contribution in [1.29, 1.82) is 0 Å². The van der Waals surface area contributed by atoms with Gasteiger partial charge in [-0.25, -0.2) is 0 Å². The fourth-order valence-electron chi connectivity index (χ4n) is 11.9. The Kier molecular flexibility index (Phi) is 7.53. The summed E-state index contributed by atoms with van der Waals surface area (Å²) in [6.45, 7) is 0. The van der Waals surface area contributed by atoms with Crippen molar-refractivity contribution in [3.8, 4) is 56.4 Å². The molecule has 2 aliphatic heterocycles. The number of benzene rings is 10. The van der Waals surface area contributed by atoms with Crippen LogP contribution in [0.2, 0.25) is 0 Å². The van der Waals surface area contributed by atoms with E-state index in [1.54, 1.807) is 0 Å². The summed E-state index contributed by atoms with van der Waals surface area (Å²) in [4.78, 5) is 2.44. The van der Waals surface area contributed by atoms with E-state index in [2.05, 4.69) is 241 Å². The lowest BCUT2D eigenvalue weighted by Crippen LogP contribution is -2.32. The summed E-state index contributed by atoms with van der Waals surface area (Å²) in [5, 5.41) is 0. The molecular formula is C62H39NO2. The van der Waals surface area contributed by atoms with E-state index in [1.165, 1.54) is 50.1 Å². The summed E-state index contributed by atoms with van der Waals surface area (Å²) in [5.74, 6) is 3.47. The number of hydrogen-bond acceptors (Lipinski definition) is 3. The molecule has 3 nitrogen and oxygen atoms in total. The Hall–Kier alpha value is -8.40. The second-order valence-electron chi connectivity index (χ2n) is 17.5. The second-order valence-corrected chi connectivity index (χ2v) is 17.5. The van der Waals surface area contributed by atoms with Crippen molar-refractivity contribution in [2.24, 2.45) is 0 Å². The monoisotopic (exact) mass is 829 g/mol.